The maximum absolute atomic E-state index is 5.47. The molecule has 4 heteroatoms. The summed E-state index contributed by atoms with van der Waals surface area (Å²) >= 11 is 0. The molecular weight excluding hydrogens is 202 g/mol. The van der Waals surface area contributed by atoms with Crippen LogP contribution in [0.2, 0.25) is 0 Å². The summed E-state index contributed by atoms with van der Waals surface area (Å²) in [5.41, 5.74) is 0. The molecular formula is C12H17N3O. The summed E-state index contributed by atoms with van der Waals surface area (Å²) in [7, 11) is 1.81. The van der Waals surface area contributed by atoms with Crippen molar-refractivity contribution in [3.63, 3.8) is 0 Å². The van der Waals surface area contributed by atoms with Gasteiger partial charge in [0.1, 0.15) is 11.6 Å². The van der Waals surface area contributed by atoms with Gasteiger partial charge in [-0.2, -0.15) is 4.98 Å². The number of rotatable bonds is 5. The Morgan fingerprint density at radius 2 is 2.31 bits per heavy atom. The van der Waals surface area contributed by atoms with Crippen molar-refractivity contribution in [3.8, 4) is 18.2 Å². The molecule has 0 radical (unpaired) electrons. The fourth-order valence-corrected chi connectivity index (χ4v) is 1.21. The van der Waals surface area contributed by atoms with Crippen LogP contribution in [0.15, 0.2) is 6.07 Å². The maximum atomic E-state index is 5.47. The summed E-state index contributed by atoms with van der Waals surface area (Å²) in [6, 6.07) is 1.74. The predicted molar refractivity (Wildman–Crippen MR) is 64.5 cm³/mol. The van der Waals surface area contributed by atoms with E-state index in [0.29, 0.717) is 5.88 Å². The standard InChI is InChI=1S/C12H17N3O/c1-5-7-10-14-11(13-4)8-12(15-10)16-9(3)6-2/h2,8-9H,5,7H2,1,3-4H3,(H,13,14,15). The Morgan fingerprint density at radius 3 is 2.88 bits per heavy atom. The maximum Gasteiger partial charge on any atom is 0.219 e. The van der Waals surface area contributed by atoms with Crippen LogP contribution >= 0.6 is 0 Å². The van der Waals surface area contributed by atoms with Crippen LogP contribution in [0.5, 0.6) is 5.88 Å². The molecule has 0 spiro atoms. The second kappa shape index (κ2) is 5.96. The topological polar surface area (TPSA) is 47.0 Å². The van der Waals surface area contributed by atoms with E-state index in [2.05, 4.69) is 28.1 Å². The van der Waals surface area contributed by atoms with Crippen molar-refractivity contribution in [2.45, 2.75) is 32.8 Å². The van der Waals surface area contributed by atoms with E-state index >= 15 is 0 Å². The van der Waals surface area contributed by atoms with E-state index in [1.165, 1.54) is 0 Å². The van der Waals surface area contributed by atoms with Crippen molar-refractivity contribution in [3.05, 3.63) is 11.9 Å². The molecule has 0 aliphatic carbocycles. The summed E-state index contributed by atoms with van der Waals surface area (Å²) in [5.74, 6) is 4.54. The van der Waals surface area contributed by atoms with Gasteiger partial charge in [0, 0.05) is 19.5 Å². The lowest BCUT2D eigenvalue weighted by Crippen LogP contribution is -2.11. The van der Waals surface area contributed by atoms with Crippen LogP contribution in [-0.2, 0) is 6.42 Å². The van der Waals surface area contributed by atoms with Gasteiger partial charge in [0.15, 0.2) is 6.10 Å². The molecule has 1 rings (SSSR count). The second-order valence-corrected chi connectivity index (χ2v) is 3.43. The molecule has 1 aromatic heterocycles. The summed E-state index contributed by atoms with van der Waals surface area (Å²) in [6.07, 6.45) is 6.80. The van der Waals surface area contributed by atoms with Gasteiger partial charge in [-0.1, -0.05) is 12.8 Å². The highest BCUT2D eigenvalue weighted by molar-refractivity contribution is 5.37. The van der Waals surface area contributed by atoms with Gasteiger partial charge < -0.3 is 10.1 Å². The fourth-order valence-electron chi connectivity index (χ4n) is 1.21. The number of aromatic nitrogens is 2. The predicted octanol–water partition coefficient (Wildman–Crippen LogP) is 1.87. The first kappa shape index (κ1) is 12.3. The van der Waals surface area contributed by atoms with Crippen molar-refractivity contribution in [1.29, 1.82) is 0 Å². The number of anilines is 1. The third-order valence-electron chi connectivity index (χ3n) is 2.01. The highest BCUT2D eigenvalue weighted by Crippen LogP contribution is 2.15. The van der Waals surface area contributed by atoms with Gasteiger partial charge in [0.2, 0.25) is 5.88 Å². The smallest absolute Gasteiger partial charge is 0.219 e. The second-order valence-electron chi connectivity index (χ2n) is 3.43. The number of hydrogen-bond donors (Lipinski definition) is 1. The zero-order chi connectivity index (χ0) is 12.0. The lowest BCUT2D eigenvalue weighted by atomic mass is 10.3. The molecule has 0 fully saturated rings. The van der Waals surface area contributed by atoms with Crippen LogP contribution in [0.3, 0.4) is 0 Å². The minimum atomic E-state index is -0.283. The number of nitrogens with zero attached hydrogens (tertiary/aromatic N) is 2. The highest BCUT2D eigenvalue weighted by Gasteiger charge is 2.06. The Labute approximate surface area is 96.5 Å². The Balaban J connectivity index is 2.91. The van der Waals surface area contributed by atoms with Crippen LogP contribution in [-0.4, -0.2) is 23.1 Å². The van der Waals surface area contributed by atoms with Crippen LogP contribution in [0, 0.1) is 12.3 Å². The van der Waals surface area contributed by atoms with Crippen molar-refractivity contribution in [2.24, 2.45) is 0 Å². The number of aryl methyl sites for hydroxylation is 1. The largest absolute Gasteiger partial charge is 0.461 e. The summed E-state index contributed by atoms with van der Waals surface area (Å²) in [6.45, 7) is 3.89. The molecule has 16 heavy (non-hydrogen) atoms. The Morgan fingerprint density at radius 1 is 1.56 bits per heavy atom. The van der Waals surface area contributed by atoms with Crippen LogP contribution in [0.1, 0.15) is 26.1 Å². The number of hydrogen-bond acceptors (Lipinski definition) is 4. The quantitative estimate of drug-likeness (QED) is 0.768. The SMILES string of the molecule is C#CC(C)Oc1cc(NC)nc(CCC)n1. The molecule has 1 aromatic rings. The summed E-state index contributed by atoms with van der Waals surface area (Å²) < 4.78 is 5.47. The normalized spacial score (nSPS) is 11.6. The fraction of sp³-hybridized carbons (Fsp3) is 0.500. The first-order valence-electron chi connectivity index (χ1n) is 5.38. The molecule has 0 aliphatic heterocycles. The van der Waals surface area contributed by atoms with E-state index in [1.807, 2.05) is 7.05 Å². The monoisotopic (exact) mass is 219 g/mol. The van der Waals surface area contributed by atoms with Crippen molar-refractivity contribution in [1.82, 2.24) is 9.97 Å². The van der Waals surface area contributed by atoms with Crippen molar-refractivity contribution < 1.29 is 4.74 Å². The molecule has 1 N–H and O–H groups in total. The van der Waals surface area contributed by atoms with Crippen molar-refractivity contribution in [2.75, 3.05) is 12.4 Å². The molecule has 4 nitrogen and oxygen atoms in total. The molecule has 0 saturated carbocycles. The summed E-state index contributed by atoms with van der Waals surface area (Å²) in [5, 5.41) is 2.97. The molecule has 86 valence electrons. The molecule has 1 unspecified atom stereocenters. The first-order chi connectivity index (χ1) is 7.69. The molecule has 0 saturated heterocycles. The van der Waals surface area contributed by atoms with Crippen LogP contribution in [0.4, 0.5) is 5.82 Å². The van der Waals surface area contributed by atoms with Gasteiger partial charge in [-0.3, -0.25) is 0 Å². The van der Waals surface area contributed by atoms with Gasteiger partial charge >= 0.3 is 0 Å². The van der Waals surface area contributed by atoms with Crippen LogP contribution < -0.4 is 10.1 Å². The summed E-state index contributed by atoms with van der Waals surface area (Å²) in [4.78, 5) is 8.61. The first-order valence-corrected chi connectivity index (χ1v) is 5.38. The van der Waals surface area contributed by atoms with E-state index in [1.54, 1.807) is 13.0 Å². The van der Waals surface area contributed by atoms with E-state index in [4.69, 9.17) is 11.2 Å². The molecule has 1 heterocycles. The third kappa shape index (κ3) is 3.43. The molecule has 0 amide bonds. The van der Waals surface area contributed by atoms with E-state index in [-0.39, 0.29) is 6.10 Å². The Hall–Kier alpha value is -1.76. The number of nitrogens with one attached hydrogen (secondary N) is 1. The number of terminal acetylenes is 1. The molecule has 1 atom stereocenters. The molecule has 0 bridgehead atoms. The van der Waals surface area contributed by atoms with Crippen molar-refractivity contribution >= 4 is 5.82 Å². The van der Waals surface area contributed by atoms with Gasteiger partial charge in [0.25, 0.3) is 0 Å². The zero-order valence-electron chi connectivity index (χ0n) is 9.95. The minimum Gasteiger partial charge on any atom is -0.461 e. The van der Waals surface area contributed by atoms with Gasteiger partial charge in [-0.15, -0.1) is 6.42 Å². The minimum absolute atomic E-state index is 0.283. The van der Waals surface area contributed by atoms with Crippen LogP contribution in [0.25, 0.3) is 0 Å². The lowest BCUT2D eigenvalue weighted by Gasteiger charge is -2.10. The van der Waals surface area contributed by atoms with E-state index < -0.39 is 0 Å². The Kier molecular flexibility index (Phi) is 4.59. The van der Waals surface area contributed by atoms with E-state index in [9.17, 15) is 0 Å². The van der Waals surface area contributed by atoms with E-state index in [0.717, 1.165) is 24.5 Å². The van der Waals surface area contributed by atoms with Gasteiger partial charge in [-0.05, 0) is 13.3 Å². The van der Waals surface area contributed by atoms with Gasteiger partial charge in [-0.25, -0.2) is 4.98 Å². The van der Waals surface area contributed by atoms with Gasteiger partial charge in [0.05, 0.1) is 0 Å². The zero-order valence-corrected chi connectivity index (χ0v) is 9.95. The third-order valence-corrected chi connectivity index (χ3v) is 2.01. The lowest BCUT2D eigenvalue weighted by molar-refractivity contribution is 0.266. The number of ether oxygens (including phenoxy) is 1. The average Bonchev–Trinajstić information content (AvgIpc) is 2.29. The molecule has 0 aliphatic rings. The highest BCUT2D eigenvalue weighted by atomic mass is 16.5. The average molecular weight is 219 g/mol. The Bertz CT molecular complexity index is 384. The molecule has 0 aromatic carbocycles.